The molecule has 174 valence electrons. The van der Waals surface area contributed by atoms with Crippen LogP contribution < -0.4 is 10.2 Å². The fourth-order valence-corrected chi connectivity index (χ4v) is 3.99. The molecule has 1 N–H and O–H groups in total. The number of aliphatic imine (C=N–C) groups is 1. The van der Waals surface area contributed by atoms with Gasteiger partial charge >= 0.3 is 0 Å². The fourth-order valence-electron chi connectivity index (χ4n) is 3.99. The molecule has 0 atom stereocenters. The van der Waals surface area contributed by atoms with E-state index in [1.807, 2.05) is 18.2 Å². The van der Waals surface area contributed by atoms with Crippen molar-refractivity contribution in [2.75, 3.05) is 38.1 Å². The third kappa shape index (κ3) is 6.31. The number of nitrogens with zero attached hydrogens (tertiary/aromatic N) is 6. The van der Waals surface area contributed by atoms with E-state index in [9.17, 15) is 0 Å². The van der Waals surface area contributed by atoms with Crippen molar-refractivity contribution < 1.29 is 4.52 Å². The number of hydrogen-bond acceptors (Lipinski definition) is 6. The Morgan fingerprint density at radius 2 is 1.94 bits per heavy atom. The first-order valence-electron chi connectivity index (χ1n) is 11.8. The van der Waals surface area contributed by atoms with Crippen molar-refractivity contribution in [3.05, 3.63) is 60.0 Å². The summed E-state index contributed by atoms with van der Waals surface area (Å²) in [5.41, 5.74) is 3.27. The predicted octanol–water partition coefficient (Wildman–Crippen LogP) is 3.76. The molecule has 1 aliphatic heterocycles. The Balaban J connectivity index is 1.33. The molecular formula is C25H33N7O. The van der Waals surface area contributed by atoms with Crippen LogP contribution in [0.4, 0.5) is 5.69 Å². The van der Waals surface area contributed by atoms with Gasteiger partial charge in [-0.1, -0.05) is 23.4 Å². The van der Waals surface area contributed by atoms with Gasteiger partial charge in [0.05, 0.1) is 0 Å². The molecule has 0 saturated carbocycles. The van der Waals surface area contributed by atoms with Gasteiger partial charge < -0.3 is 19.6 Å². The normalized spacial score (nSPS) is 14.4. The van der Waals surface area contributed by atoms with Gasteiger partial charge in [-0.2, -0.15) is 4.98 Å². The van der Waals surface area contributed by atoms with Crippen LogP contribution in [-0.2, 0) is 13.0 Å². The van der Waals surface area contributed by atoms with E-state index in [1.54, 1.807) is 6.20 Å². The maximum absolute atomic E-state index is 5.33. The van der Waals surface area contributed by atoms with Crippen LogP contribution in [0.5, 0.6) is 0 Å². The second-order valence-electron chi connectivity index (χ2n) is 8.29. The Morgan fingerprint density at radius 1 is 1.12 bits per heavy atom. The Labute approximate surface area is 195 Å². The summed E-state index contributed by atoms with van der Waals surface area (Å²) >= 11 is 0. The fraction of sp³-hybridized carbons (Fsp3) is 0.440. The molecule has 8 heteroatoms. The van der Waals surface area contributed by atoms with Crippen molar-refractivity contribution in [3.8, 4) is 11.6 Å². The lowest BCUT2D eigenvalue weighted by molar-refractivity contribution is 0.421. The number of hydrogen-bond donors (Lipinski definition) is 1. The highest BCUT2D eigenvalue weighted by Crippen LogP contribution is 2.20. The highest BCUT2D eigenvalue weighted by molar-refractivity contribution is 5.79. The van der Waals surface area contributed by atoms with Crippen LogP contribution in [0.1, 0.15) is 37.6 Å². The highest BCUT2D eigenvalue weighted by Gasteiger charge is 2.12. The van der Waals surface area contributed by atoms with E-state index < -0.39 is 0 Å². The zero-order valence-electron chi connectivity index (χ0n) is 19.6. The Hall–Kier alpha value is -3.42. The largest absolute Gasteiger partial charge is 0.372 e. The van der Waals surface area contributed by atoms with E-state index in [4.69, 9.17) is 9.52 Å². The summed E-state index contributed by atoms with van der Waals surface area (Å²) in [6.07, 6.45) is 6.25. The van der Waals surface area contributed by atoms with Gasteiger partial charge in [-0.3, -0.25) is 9.98 Å². The zero-order valence-corrected chi connectivity index (χ0v) is 19.6. The van der Waals surface area contributed by atoms with E-state index in [-0.39, 0.29) is 0 Å². The number of aromatic nitrogens is 3. The molecule has 3 aromatic rings. The molecule has 1 fully saturated rings. The van der Waals surface area contributed by atoms with E-state index in [0.717, 1.165) is 19.0 Å². The molecule has 33 heavy (non-hydrogen) atoms. The van der Waals surface area contributed by atoms with Crippen LogP contribution in [0.3, 0.4) is 0 Å². The van der Waals surface area contributed by atoms with Gasteiger partial charge in [0.2, 0.25) is 0 Å². The molecular weight excluding hydrogens is 414 g/mol. The van der Waals surface area contributed by atoms with Crippen molar-refractivity contribution in [2.45, 2.75) is 39.2 Å². The molecule has 0 spiro atoms. The quantitative estimate of drug-likeness (QED) is 0.416. The smallest absolute Gasteiger partial charge is 0.276 e. The summed E-state index contributed by atoms with van der Waals surface area (Å²) in [6, 6.07) is 14.5. The minimum Gasteiger partial charge on any atom is -0.372 e. The number of nitrogens with one attached hydrogen (secondary N) is 1. The molecule has 2 aromatic heterocycles. The zero-order chi connectivity index (χ0) is 22.9. The molecule has 0 bridgehead atoms. The van der Waals surface area contributed by atoms with Crippen molar-refractivity contribution in [1.82, 2.24) is 25.3 Å². The van der Waals surface area contributed by atoms with Gasteiger partial charge in [-0.25, -0.2) is 0 Å². The van der Waals surface area contributed by atoms with E-state index >= 15 is 0 Å². The van der Waals surface area contributed by atoms with E-state index in [2.05, 4.69) is 68.5 Å². The van der Waals surface area contributed by atoms with Crippen molar-refractivity contribution in [1.29, 1.82) is 0 Å². The summed E-state index contributed by atoms with van der Waals surface area (Å²) in [7, 11) is 2.06. The van der Waals surface area contributed by atoms with Crippen LogP contribution in [0.15, 0.2) is 58.2 Å². The Kier molecular flexibility index (Phi) is 7.90. The maximum atomic E-state index is 5.33. The molecule has 1 saturated heterocycles. The van der Waals surface area contributed by atoms with Gasteiger partial charge in [0, 0.05) is 58.1 Å². The summed E-state index contributed by atoms with van der Waals surface area (Å²) in [5.74, 6) is 1.93. The maximum Gasteiger partial charge on any atom is 0.276 e. The summed E-state index contributed by atoms with van der Waals surface area (Å²) in [6.45, 7) is 6.58. The minimum atomic E-state index is 0.437. The molecule has 3 heterocycles. The lowest BCUT2D eigenvalue weighted by Crippen LogP contribution is -2.38. The van der Waals surface area contributed by atoms with Crippen molar-refractivity contribution in [3.63, 3.8) is 0 Å². The first kappa shape index (κ1) is 22.8. The van der Waals surface area contributed by atoms with E-state index in [0.29, 0.717) is 30.4 Å². The average molecular weight is 448 g/mol. The third-order valence-corrected chi connectivity index (χ3v) is 5.72. The number of benzene rings is 1. The Bertz CT molecular complexity index is 1010. The lowest BCUT2D eigenvalue weighted by atomic mass is 10.1. The second kappa shape index (κ2) is 11.4. The van der Waals surface area contributed by atoms with Crippen LogP contribution in [-0.4, -0.2) is 59.2 Å². The number of anilines is 1. The van der Waals surface area contributed by atoms with Crippen LogP contribution in [0, 0.1) is 0 Å². The second-order valence-corrected chi connectivity index (χ2v) is 8.29. The molecule has 8 nitrogen and oxygen atoms in total. The van der Waals surface area contributed by atoms with Gasteiger partial charge in [0.1, 0.15) is 5.69 Å². The third-order valence-electron chi connectivity index (χ3n) is 5.72. The highest BCUT2D eigenvalue weighted by atomic mass is 16.5. The van der Waals surface area contributed by atoms with E-state index in [1.165, 1.54) is 43.6 Å². The average Bonchev–Trinajstić information content (AvgIpc) is 3.34. The van der Waals surface area contributed by atoms with Crippen molar-refractivity contribution >= 4 is 11.6 Å². The summed E-state index contributed by atoms with van der Waals surface area (Å²) in [4.78, 5) is 18.1. The lowest BCUT2D eigenvalue weighted by Gasteiger charge is -2.29. The topological polar surface area (TPSA) is 82.7 Å². The first-order chi connectivity index (χ1) is 16.2. The molecule has 0 radical (unpaired) electrons. The van der Waals surface area contributed by atoms with Crippen LogP contribution >= 0.6 is 0 Å². The molecule has 1 aromatic carbocycles. The molecule has 0 aliphatic carbocycles. The van der Waals surface area contributed by atoms with Crippen LogP contribution in [0.2, 0.25) is 0 Å². The molecule has 0 amide bonds. The van der Waals surface area contributed by atoms with Crippen LogP contribution in [0.25, 0.3) is 11.6 Å². The van der Waals surface area contributed by atoms with Crippen molar-refractivity contribution in [2.24, 2.45) is 4.99 Å². The number of rotatable bonds is 8. The molecule has 4 rings (SSSR count). The minimum absolute atomic E-state index is 0.437. The molecule has 1 aliphatic rings. The number of piperidine rings is 1. The SMILES string of the molecule is CCNC(=NCCc1noc(-c2ccccn2)n1)N(C)Cc1ccc(N2CCCCC2)cc1. The standard InChI is InChI=1S/C25H33N7O/c1-3-26-25(28-16-14-23-29-24(33-30-23)22-9-5-6-15-27-22)31(2)19-20-10-12-21(13-11-20)32-17-7-4-8-18-32/h5-6,9-13,15H,3-4,7-8,14,16-19H2,1-2H3,(H,26,28). The summed E-state index contributed by atoms with van der Waals surface area (Å²) < 4.78 is 5.33. The van der Waals surface area contributed by atoms with Gasteiger partial charge in [0.15, 0.2) is 11.8 Å². The number of pyridine rings is 1. The van der Waals surface area contributed by atoms with Gasteiger partial charge in [-0.05, 0) is 56.0 Å². The first-order valence-corrected chi connectivity index (χ1v) is 11.8. The monoisotopic (exact) mass is 447 g/mol. The predicted molar refractivity (Wildman–Crippen MR) is 131 cm³/mol. The van der Waals surface area contributed by atoms with Gasteiger partial charge in [-0.15, -0.1) is 0 Å². The number of guanidine groups is 1. The Morgan fingerprint density at radius 3 is 2.67 bits per heavy atom. The summed E-state index contributed by atoms with van der Waals surface area (Å²) in [5, 5.41) is 7.44. The molecule has 0 unspecified atom stereocenters. The van der Waals surface area contributed by atoms with Gasteiger partial charge in [0.25, 0.3) is 5.89 Å².